The van der Waals surface area contributed by atoms with Crippen molar-refractivity contribution in [3.8, 4) is 22.1 Å². The third kappa shape index (κ3) is 3.61. The molecular formula is C20H21N3O3S. The summed E-state index contributed by atoms with van der Waals surface area (Å²) in [5.74, 6) is 0.588. The van der Waals surface area contributed by atoms with E-state index in [1.807, 2.05) is 49.3 Å². The Hall–Kier alpha value is -2.64. The zero-order valence-electron chi connectivity index (χ0n) is 15.3. The molecule has 1 amide bonds. The monoisotopic (exact) mass is 383 g/mol. The number of likely N-dealkylation sites (N-methyl/N-ethyl adjacent to an activating group) is 1. The number of para-hydroxylation sites is 1. The van der Waals surface area contributed by atoms with E-state index in [9.17, 15) is 9.90 Å². The van der Waals surface area contributed by atoms with Crippen molar-refractivity contribution in [2.45, 2.75) is 6.54 Å². The number of carbonyl (C=O) groups is 1. The van der Waals surface area contributed by atoms with Crippen LogP contribution >= 0.6 is 11.3 Å². The Balaban J connectivity index is 1.70. The molecule has 0 spiro atoms. The maximum absolute atomic E-state index is 12.5. The molecule has 0 saturated carbocycles. The standard InChI is InChI=1S/C20H21N3O3S/c1-22(2)12-18(25)23-7-8-26-19-14(11-23)9-13(10-16(19)24)20-21-15-5-3-4-6-17(15)27-20/h3-6,9-10,24H,7-8,11-12H2,1-2H3. The molecule has 0 aliphatic carbocycles. The Morgan fingerprint density at radius 3 is 2.93 bits per heavy atom. The Kier molecular flexibility index (Phi) is 4.72. The second-order valence-electron chi connectivity index (χ2n) is 6.87. The zero-order valence-corrected chi connectivity index (χ0v) is 16.1. The van der Waals surface area contributed by atoms with Gasteiger partial charge in [-0.05, 0) is 38.4 Å². The van der Waals surface area contributed by atoms with Crippen LogP contribution in [0.5, 0.6) is 11.5 Å². The van der Waals surface area contributed by atoms with Gasteiger partial charge in [0.15, 0.2) is 11.5 Å². The van der Waals surface area contributed by atoms with Gasteiger partial charge in [-0.15, -0.1) is 11.3 Å². The highest BCUT2D eigenvalue weighted by Gasteiger charge is 2.23. The molecule has 140 valence electrons. The molecule has 27 heavy (non-hydrogen) atoms. The molecule has 1 N–H and O–H groups in total. The van der Waals surface area contributed by atoms with Crippen LogP contribution in [0.3, 0.4) is 0 Å². The molecular weight excluding hydrogens is 362 g/mol. The summed E-state index contributed by atoms with van der Waals surface area (Å²) < 4.78 is 6.84. The number of phenols is 1. The fraction of sp³-hybridized carbons (Fsp3) is 0.300. The van der Waals surface area contributed by atoms with E-state index in [2.05, 4.69) is 4.98 Å². The molecule has 0 unspecified atom stereocenters. The van der Waals surface area contributed by atoms with E-state index in [-0.39, 0.29) is 11.7 Å². The number of fused-ring (bicyclic) bond motifs is 2. The number of aromatic hydroxyl groups is 1. The van der Waals surface area contributed by atoms with Crippen LogP contribution in [-0.4, -0.2) is 59.6 Å². The number of rotatable bonds is 3. The second-order valence-corrected chi connectivity index (χ2v) is 7.90. The smallest absolute Gasteiger partial charge is 0.237 e. The maximum Gasteiger partial charge on any atom is 0.237 e. The molecule has 1 aliphatic heterocycles. The van der Waals surface area contributed by atoms with Gasteiger partial charge in [0.05, 0.1) is 23.3 Å². The van der Waals surface area contributed by atoms with E-state index in [0.29, 0.717) is 32.0 Å². The third-order valence-corrected chi connectivity index (χ3v) is 5.55. The maximum atomic E-state index is 12.5. The summed E-state index contributed by atoms with van der Waals surface area (Å²) in [5, 5.41) is 11.3. The average Bonchev–Trinajstić information content (AvgIpc) is 2.93. The number of carbonyl (C=O) groups excluding carboxylic acids is 1. The van der Waals surface area contributed by atoms with Crippen LogP contribution in [0.4, 0.5) is 0 Å². The van der Waals surface area contributed by atoms with Gasteiger partial charge in [-0.3, -0.25) is 4.79 Å². The molecule has 0 saturated heterocycles. The first kappa shape index (κ1) is 17.8. The van der Waals surface area contributed by atoms with Crippen molar-refractivity contribution in [3.63, 3.8) is 0 Å². The second kappa shape index (κ2) is 7.17. The highest BCUT2D eigenvalue weighted by Crippen LogP contribution is 2.39. The highest BCUT2D eigenvalue weighted by molar-refractivity contribution is 7.21. The van der Waals surface area contributed by atoms with Gasteiger partial charge in [-0.25, -0.2) is 4.98 Å². The fourth-order valence-corrected chi connectivity index (χ4v) is 4.15. The third-order valence-electron chi connectivity index (χ3n) is 4.46. The van der Waals surface area contributed by atoms with Crippen molar-refractivity contribution in [2.24, 2.45) is 0 Å². The topological polar surface area (TPSA) is 65.9 Å². The van der Waals surface area contributed by atoms with Gasteiger partial charge in [0.25, 0.3) is 0 Å². The van der Waals surface area contributed by atoms with Gasteiger partial charge in [-0.1, -0.05) is 12.1 Å². The number of benzene rings is 2. The van der Waals surface area contributed by atoms with E-state index in [0.717, 1.165) is 26.4 Å². The molecule has 0 radical (unpaired) electrons. The molecule has 0 fully saturated rings. The molecule has 1 aromatic heterocycles. The van der Waals surface area contributed by atoms with Crippen molar-refractivity contribution in [1.82, 2.24) is 14.8 Å². The number of ether oxygens (including phenoxy) is 1. The number of aromatic nitrogens is 1. The fourth-order valence-electron chi connectivity index (χ4n) is 3.20. The molecule has 2 heterocycles. The van der Waals surface area contributed by atoms with Crippen molar-refractivity contribution in [3.05, 3.63) is 42.0 Å². The first-order valence-electron chi connectivity index (χ1n) is 8.78. The number of hydrogen-bond acceptors (Lipinski definition) is 6. The predicted octanol–water partition coefficient (Wildman–Crippen LogP) is 2.95. The lowest BCUT2D eigenvalue weighted by Gasteiger charge is -2.22. The summed E-state index contributed by atoms with van der Waals surface area (Å²) in [7, 11) is 3.74. The minimum absolute atomic E-state index is 0.0429. The number of phenolic OH excluding ortho intramolecular Hbond substituents is 1. The van der Waals surface area contributed by atoms with Crippen LogP contribution in [0.25, 0.3) is 20.8 Å². The summed E-state index contributed by atoms with van der Waals surface area (Å²) in [6.07, 6.45) is 0. The lowest BCUT2D eigenvalue weighted by atomic mass is 10.1. The summed E-state index contributed by atoms with van der Waals surface area (Å²) in [6, 6.07) is 11.6. The molecule has 4 rings (SSSR count). The van der Waals surface area contributed by atoms with Crippen LogP contribution in [0.2, 0.25) is 0 Å². The van der Waals surface area contributed by atoms with Crippen LogP contribution in [0.15, 0.2) is 36.4 Å². The highest BCUT2D eigenvalue weighted by atomic mass is 32.1. The largest absolute Gasteiger partial charge is 0.504 e. The van der Waals surface area contributed by atoms with E-state index < -0.39 is 0 Å². The quantitative estimate of drug-likeness (QED) is 0.753. The summed E-state index contributed by atoms with van der Waals surface area (Å²) >= 11 is 1.58. The lowest BCUT2D eigenvalue weighted by Crippen LogP contribution is -2.38. The van der Waals surface area contributed by atoms with Gasteiger partial charge < -0.3 is 19.6 Å². The van der Waals surface area contributed by atoms with E-state index in [4.69, 9.17) is 4.74 Å². The minimum Gasteiger partial charge on any atom is -0.504 e. The molecule has 3 aromatic rings. The predicted molar refractivity (Wildman–Crippen MR) is 106 cm³/mol. The van der Waals surface area contributed by atoms with E-state index in [1.54, 1.807) is 22.3 Å². The van der Waals surface area contributed by atoms with Gasteiger partial charge in [0.1, 0.15) is 11.6 Å². The molecule has 0 atom stereocenters. The van der Waals surface area contributed by atoms with Crippen LogP contribution in [0, 0.1) is 0 Å². The van der Waals surface area contributed by atoms with Gasteiger partial charge in [0.2, 0.25) is 5.91 Å². The summed E-state index contributed by atoms with van der Waals surface area (Å²) in [5.41, 5.74) is 2.57. The van der Waals surface area contributed by atoms with E-state index >= 15 is 0 Å². The number of thiazole rings is 1. The van der Waals surface area contributed by atoms with E-state index in [1.165, 1.54) is 0 Å². The molecule has 2 aromatic carbocycles. The average molecular weight is 383 g/mol. The Labute approximate surface area is 161 Å². The molecule has 1 aliphatic rings. The van der Waals surface area contributed by atoms with Crippen LogP contribution in [0.1, 0.15) is 5.56 Å². The Morgan fingerprint density at radius 1 is 1.33 bits per heavy atom. The van der Waals surface area contributed by atoms with Crippen LogP contribution in [-0.2, 0) is 11.3 Å². The number of nitrogens with zero attached hydrogens (tertiary/aromatic N) is 3. The van der Waals surface area contributed by atoms with Crippen molar-refractivity contribution in [2.75, 3.05) is 33.8 Å². The zero-order chi connectivity index (χ0) is 19.0. The summed E-state index contributed by atoms with van der Waals surface area (Å²) in [6.45, 7) is 1.62. The van der Waals surface area contributed by atoms with Gasteiger partial charge in [0, 0.05) is 17.7 Å². The summed E-state index contributed by atoms with van der Waals surface area (Å²) in [4.78, 5) is 20.8. The SMILES string of the molecule is CN(C)CC(=O)N1CCOc2c(O)cc(-c3nc4ccccc4s3)cc2C1. The van der Waals surface area contributed by atoms with Crippen molar-refractivity contribution < 1.29 is 14.6 Å². The number of hydrogen-bond donors (Lipinski definition) is 1. The van der Waals surface area contributed by atoms with Crippen molar-refractivity contribution >= 4 is 27.5 Å². The minimum atomic E-state index is 0.0429. The Morgan fingerprint density at radius 2 is 2.15 bits per heavy atom. The molecule has 7 heteroatoms. The molecule has 6 nitrogen and oxygen atoms in total. The first-order valence-corrected chi connectivity index (χ1v) is 9.60. The van der Waals surface area contributed by atoms with Gasteiger partial charge >= 0.3 is 0 Å². The molecule has 0 bridgehead atoms. The van der Waals surface area contributed by atoms with Gasteiger partial charge in [-0.2, -0.15) is 0 Å². The first-order chi connectivity index (χ1) is 13.0. The normalized spacial score (nSPS) is 14.1. The van der Waals surface area contributed by atoms with Crippen LogP contribution < -0.4 is 4.74 Å². The lowest BCUT2D eigenvalue weighted by molar-refractivity contribution is -0.132. The van der Waals surface area contributed by atoms with Crippen molar-refractivity contribution in [1.29, 1.82) is 0 Å². The Bertz CT molecular complexity index is 966. The number of amides is 1.